The van der Waals surface area contributed by atoms with E-state index in [4.69, 9.17) is 4.74 Å². The van der Waals surface area contributed by atoms with Crippen LogP contribution < -0.4 is 0 Å². The maximum atomic E-state index is 11.3. The molecule has 0 amide bonds. The highest BCUT2D eigenvalue weighted by molar-refractivity contribution is 5.74. The molecule has 0 bridgehead atoms. The molecule has 1 unspecified atom stereocenters. The maximum absolute atomic E-state index is 11.3. The van der Waals surface area contributed by atoms with E-state index < -0.39 is 0 Å². The molecule has 0 saturated carbocycles. The van der Waals surface area contributed by atoms with E-state index in [2.05, 4.69) is 17.0 Å². The lowest BCUT2D eigenvalue weighted by Gasteiger charge is -2.18. The van der Waals surface area contributed by atoms with Gasteiger partial charge in [0.15, 0.2) is 0 Å². The third kappa shape index (κ3) is 2.83. The summed E-state index contributed by atoms with van der Waals surface area (Å²) in [6, 6.07) is 10.3. The van der Waals surface area contributed by atoms with Crippen molar-refractivity contribution in [2.75, 3.05) is 20.2 Å². The second kappa shape index (κ2) is 5.12. The van der Waals surface area contributed by atoms with Gasteiger partial charge in [-0.3, -0.25) is 4.79 Å². The molecule has 1 aromatic carbocycles. The Kier molecular flexibility index (Phi) is 3.57. The minimum Gasteiger partial charge on any atom is -0.465 e. The highest BCUT2D eigenvalue weighted by Gasteiger charge is 2.27. The Balaban J connectivity index is 1.84. The molecule has 3 heteroatoms. The smallest absolute Gasteiger partial charge is 0.310 e. The predicted octanol–water partition coefficient (Wildman–Crippen LogP) is 1.68. The molecule has 0 radical (unpaired) electrons. The van der Waals surface area contributed by atoms with Crippen LogP contribution in [0, 0.1) is 5.92 Å². The average Bonchev–Trinajstić information content (AvgIpc) is 2.66. The summed E-state index contributed by atoms with van der Waals surface area (Å²) < 4.78 is 4.95. The number of carbonyl (C=O) groups is 1. The van der Waals surface area contributed by atoms with E-state index in [1.807, 2.05) is 25.2 Å². The summed E-state index contributed by atoms with van der Waals surface area (Å²) in [4.78, 5) is 13.5. The van der Waals surface area contributed by atoms with Gasteiger partial charge >= 0.3 is 5.97 Å². The van der Waals surface area contributed by atoms with Crippen molar-refractivity contribution in [2.45, 2.75) is 13.0 Å². The zero-order valence-corrected chi connectivity index (χ0v) is 9.56. The Bertz CT molecular complexity index is 350. The Morgan fingerprint density at radius 3 is 2.75 bits per heavy atom. The molecule has 1 aromatic rings. The van der Waals surface area contributed by atoms with Crippen molar-refractivity contribution in [3.8, 4) is 0 Å². The standard InChI is InChI=1S/C13H17NO2/c1-14(9-11-5-3-2-4-6-11)10-12-7-8-16-13(12)15/h2-6,12H,7-10H2,1H3. The summed E-state index contributed by atoms with van der Waals surface area (Å²) in [6.07, 6.45) is 0.859. The average molecular weight is 219 g/mol. The Morgan fingerprint density at radius 1 is 1.38 bits per heavy atom. The maximum Gasteiger partial charge on any atom is 0.310 e. The third-order valence-electron chi connectivity index (χ3n) is 2.87. The van der Waals surface area contributed by atoms with Gasteiger partial charge in [0.1, 0.15) is 0 Å². The highest BCUT2D eigenvalue weighted by Crippen LogP contribution is 2.16. The molecule has 16 heavy (non-hydrogen) atoms. The molecule has 0 N–H and O–H groups in total. The number of nitrogens with zero attached hydrogens (tertiary/aromatic N) is 1. The van der Waals surface area contributed by atoms with Crippen LogP contribution in [-0.2, 0) is 16.1 Å². The first-order valence-electron chi connectivity index (χ1n) is 5.65. The van der Waals surface area contributed by atoms with Crippen molar-refractivity contribution in [2.24, 2.45) is 5.92 Å². The van der Waals surface area contributed by atoms with E-state index >= 15 is 0 Å². The van der Waals surface area contributed by atoms with Crippen LogP contribution in [-0.4, -0.2) is 31.1 Å². The fourth-order valence-electron chi connectivity index (χ4n) is 2.04. The summed E-state index contributed by atoms with van der Waals surface area (Å²) in [7, 11) is 2.04. The summed E-state index contributed by atoms with van der Waals surface area (Å²) in [5.74, 6) is 0.0219. The molecule has 0 spiro atoms. The second-order valence-corrected chi connectivity index (χ2v) is 4.34. The van der Waals surface area contributed by atoms with E-state index in [9.17, 15) is 4.79 Å². The molecular formula is C13H17NO2. The van der Waals surface area contributed by atoms with Gasteiger partial charge in [-0.15, -0.1) is 0 Å². The van der Waals surface area contributed by atoms with Crippen LogP contribution in [0.25, 0.3) is 0 Å². The number of esters is 1. The first kappa shape index (κ1) is 11.1. The van der Waals surface area contributed by atoms with Gasteiger partial charge in [-0.2, -0.15) is 0 Å². The van der Waals surface area contributed by atoms with Gasteiger partial charge in [-0.1, -0.05) is 30.3 Å². The van der Waals surface area contributed by atoms with Gasteiger partial charge in [0.25, 0.3) is 0 Å². The lowest BCUT2D eigenvalue weighted by molar-refractivity contribution is -0.141. The van der Waals surface area contributed by atoms with Crippen LogP contribution in [0.4, 0.5) is 0 Å². The topological polar surface area (TPSA) is 29.5 Å². The molecule has 1 aliphatic heterocycles. The van der Waals surface area contributed by atoms with E-state index in [1.54, 1.807) is 0 Å². The number of carbonyl (C=O) groups excluding carboxylic acids is 1. The number of hydrogen-bond donors (Lipinski definition) is 0. The van der Waals surface area contributed by atoms with Crippen molar-refractivity contribution in [1.29, 1.82) is 0 Å². The normalized spacial score (nSPS) is 20.1. The Labute approximate surface area is 96.0 Å². The fraction of sp³-hybridized carbons (Fsp3) is 0.462. The molecule has 3 nitrogen and oxygen atoms in total. The van der Waals surface area contributed by atoms with Gasteiger partial charge in [0.05, 0.1) is 12.5 Å². The van der Waals surface area contributed by atoms with Gasteiger partial charge in [-0.05, 0) is 19.0 Å². The van der Waals surface area contributed by atoms with E-state index in [1.165, 1.54) is 5.56 Å². The molecule has 86 valence electrons. The number of rotatable bonds is 4. The van der Waals surface area contributed by atoms with E-state index in [-0.39, 0.29) is 11.9 Å². The monoisotopic (exact) mass is 219 g/mol. The summed E-state index contributed by atoms with van der Waals surface area (Å²) in [5.41, 5.74) is 1.27. The molecule has 0 aromatic heterocycles. The zero-order chi connectivity index (χ0) is 11.4. The van der Waals surface area contributed by atoms with Crippen LogP contribution in [0.5, 0.6) is 0 Å². The van der Waals surface area contributed by atoms with Gasteiger partial charge in [0, 0.05) is 13.1 Å². The quantitative estimate of drug-likeness (QED) is 0.722. The second-order valence-electron chi connectivity index (χ2n) is 4.34. The van der Waals surface area contributed by atoms with Crippen LogP contribution in [0.1, 0.15) is 12.0 Å². The zero-order valence-electron chi connectivity index (χ0n) is 9.56. The van der Waals surface area contributed by atoms with Crippen LogP contribution in [0.3, 0.4) is 0 Å². The Morgan fingerprint density at radius 2 is 2.12 bits per heavy atom. The van der Waals surface area contributed by atoms with Crippen molar-refractivity contribution in [3.63, 3.8) is 0 Å². The molecule has 0 aliphatic carbocycles. The van der Waals surface area contributed by atoms with Crippen LogP contribution >= 0.6 is 0 Å². The van der Waals surface area contributed by atoms with Crippen molar-refractivity contribution >= 4 is 5.97 Å². The fourth-order valence-corrected chi connectivity index (χ4v) is 2.04. The molecular weight excluding hydrogens is 202 g/mol. The molecule has 2 rings (SSSR count). The van der Waals surface area contributed by atoms with Gasteiger partial charge in [0.2, 0.25) is 0 Å². The Hall–Kier alpha value is -1.35. The van der Waals surface area contributed by atoms with Crippen molar-refractivity contribution < 1.29 is 9.53 Å². The van der Waals surface area contributed by atoms with Crippen LogP contribution in [0.15, 0.2) is 30.3 Å². The third-order valence-corrected chi connectivity index (χ3v) is 2.87. The van der Waals surface area contributed by atoms with Gasteiger partial charge in [-0.25, -0.2) is 0 Å². The number of hydrogen-bond acceptors (Lipinski definition) is 3. The minimum absolute atomic E-state index is 0.0417. The summed E-state index contributed by atoms with van der Waals surface area (Å²) in [5, 5.41) is 0. The SMILES string of the molecule is CN(Cc1ccccc1)CC1CCOC1=O. The highest BCUT2D eigenvalue weighted by atomic mass is 16.5. The van der Waals surface area contributed by atoms with Crippen LogP contribution in [0.2, 0.25) is 0 Å². The number of benzene rings is 1. The number of ether oxygens (including phenoxy) is 1. The molecule has 1 aliphatic rings. The first-order chi connectivity index (χ1) is 7.75. The molecule has 1 atom stereocenters. The van der Waals surface area contributed by atoms with Crippen molar-refractivity contribution in [1.82, 2.24) is 4.90 Å². The largest absolute Gasteiger partial charge is 0.465 e. The molecule has 1 saturated heterocycles. The summed E-state index contributed by atoms with van der Waals surface area (Å²) >= 11 is 0. The summed E-state index contributed by atoms with van der Waals surface area (Å²) in [6.45, 7) is 2.25. The van der Waals surface area contributed by atoms with E-state index in [0.717, 1.165) is 19.5 Å². The lowest BCUT2D eigenvalue weighted by Crippen LogP contribution is -2.27. The first-order valence-corrected chi connectivity index (χ1v) is 5.65. The van der Waals surface area contributed by atoms with Gasteiger partial charge < -0.3 is 9.64 Å². The molecule has 1 heterocycles. The van der Waals surface area contributed by atoms with Crippen molar-refractivity contribution in [3.05, 3.63) is 35.9 Å². The lowest BCUT2D eigenvalue weighted by atomic mass is 10.1. The predicted molar refractivity (Wildman–Crippen MR) is 61.8 cm³/mol. The minimum atomic E-state index is -0.0417. The number of cyclic esters (lactones) is 1. The molecule has 1 fully saturated rings. The van der Waals surface area contributed by atoms with E-state index in [0.29, 0.717) is 6.61 Å².